The fraction of sp³-hybridized carbons (Fsp3) is 0. The highest BCUT2D eigenvalue weighted by Crippen LogP contribution is 2.30. The van der Waals surface area contributed by atoms with E-state index in [-0.39, 0.29) is 11.3 Å². The molecule has 20 heavy (non-hydrogen) atoms. The van der Waals surface area contributed by atoms with Crippen LogP contribution in [0.4, 0.5) is 20.2 Å². The molecule has 5 N–H and O–H groups in total. The molecular weight excluding hydrogens is 270 g/mol. The fourth-order valence-corrected chi connectivity index (χ4v) is 1.62. The number of hydrogen-bond acceptors (Lipinski definition) is 4. The van der Waals surface area contributed by atoms with Crippen LogP contribution in [0, 0.1) is 11.6 Å². The molecule has 0 unspecified atom stereocenters. The zero-order chi connectivity index (χ0) is 14.9. The number of halogens is 2. The normalized spacial score (nSPS) is 10.3. The molecule has 5 nitrogen and oxygen atoms in total. The van der Waals surface area contributed by atoms with Crippen LogP contribution < -0.4 is 11.1 Å². The van der Waals surface area contributed by atoms with Gasteiger partial charge in [-0.15, -0.1) is 0 Å². The Morgan fingerprint density at radius 1 is 1.20 bits per heavy atom. The number of nitrogens with two attached hydrogens (primary N) is 1. The van der Waals surface area contributed by atoms with Crippen molar-refractivity contribution < 1.29 is 23.8 Å². The molecule has 0 saturated carbocycles. The molecule has 2 rings (SSSR count). The van der Waals surface area contributed by atoms with Crippen LogP contribution in [0.15, 0.2) is 30.3 Å². The fourth-order valence-electron chi connectivity index (χ4n) is 1.62. The Morgan fingerprint density at radius 3 is 2.55 bits per heavy atom. The Kier molecular flexibility index (Phi) is 3.43. The quantitative estimate of drug-likeness (QED) is 0.501. The standard InChI is InChI=1S/C13H10F2N2O3/c14-6-4-8(15)11(9(16)5-6)17-13(20)7-2-1-3-10(18)12(7)19/h1-5,18-19H,16H2,(H,17,20). The highest BCUT2D eigenvalue weighted by molar-refractivity contribution is 6.07. The molecule has 1 amide bonds. The number of rotatable bonds is 2. The number of nitrogen functional groups attached to an aromatic ring is 1. The lowest BCUT2D eigenvalue weighted by molar-refractivity contribution is 0.102. The molecule has 7 heteroatoms. The number of phenols is 2. The third kappa shape index (κ3) is 2.46. The van der Waals surface area contributed by atoms with Gasteiger partial charge in [0.1, 0.15) is 11.5 Å². The van der Waals surface area contributed by atoms with Crippen molar-refractivity contribution in [3.63, 3.8) is 0 Å². The first-order chi connectivity index (χ1) is 9.40. The number of phenolic OH excluding ortho intramolecular Hbond substituents is 2. The minimum Gasteiger partial charge on any atom is -0.504 e. The minimum absolute atomic E-state index is 0.270. The Bertz CT molecular complexity index is 666. The summed E-state index contributed by atoms with van der Waals surface area (Å²) in [6.45, 7) is 0. The summed E-state index contributed by atoms with van der Waals surface area (Å²) in [5.74, 6) is -3.96. The Labute approximate surface area is 112 Å². The number of carbonyl (C=O) groups excluding carboxylic acids is 1. The highest BCUT2D eigenvalue weighted by Gasteiger charge is 2.17. The number of anilines is 2. The molecule has 0 aliphatic heterocycles. The Balaban J connectivity index is 2.36. The summed E-state index contributed by atoms with van der Waals surface area (Å²) in [4.78, 5) is 11.9. The van der Waals surface area contributed by atoms with E-state index in [1.165, 1.54) is 18.2 Å². The number of amides is 1. The topological polar surface area (TPSA) is 95.6 Å². The molecule has 0 bridgehead atoms. The first-order valence-corrected chi connectivity index (χ1v) is 5.47. The monoisotopic (exact) mass is 280 g/mol. The Morgan fingerprint density at radius 2 is 1.90 bits per heavy atom. The van der Waals surface area contributed by atoms with E-state index >= 15 is 0 Å². The number of nitrogens with one attached hydrogen (secondary N) is 1. The van der Waals surface area contributed by atoms with Gasteiger partial charge in [0, 0.05) is 6.07 Å². The number of benzene rings is 2. The molecule has 104 valence electrons. The number of para-hydroxylation sites is 1. The lowest BCUT2D eigenvalue weighted by Crippen LogP contribution is -2.15. The molecule has 0 spiro atoms. The molecule has 0 aliphatic carbocycles. The van der Waals surface area contributed by atoms with Crippen LogP contribution in [0.2, 0.25) is 0 Å². The van der Waals surface area contributed by atoms with E-state index in [0.717, 1.165) is 6.07 Å². The lowest BCUT2D eigenvalue weighted by atomic mass is 10.1. The second-order valence-electron chi connectivity index (χ2n) is 3.98. The maximum atomic E-state index is 13.5. The van der Waals surface area contributed by atoms with Crippen molar-refractivity contribution in [3.05, 3.63) is 47.5 Å². The van der Waals surface area contributed by atoms with Gasteiger partial charge < -0.3 is 21.3 Å². The second kappa shape index (κ2) is 5.04. The Hall–Kier alpha value is -2.83. The van der Waals surface area contributed by atoms with Gasteiger partial charge in [0.15, 0.2) is 17.3 Å². The summed E-state index contributed by atoms with van der Waals surface area (Å²) < 4.78 is 26.4. The summed E-state index contributed by atoms with van der Waals surface area (Å²) in [6.07, 6.45) is 0. The van der Waals surface area contributed by atoms with Crippen LogP contribution in [-0.2, 0) is 0 Å². The molecule has 0 radical (unpaired) electrons. The van der Waals surface area contributed by atoms with E-state index < -0.39 is 34.7 Å². The van der Waals surface area contributed by atoms with Crippen molar-refractivity contribution in [3.8, 4) is 11.5 Å². The van der Waals surface area contributed by atoms with Gasteiger partial charge in [0.2, 0.25) is 0 Å². The molecule has 0 aliphatic rings. The third-order valence-corrected chi connectivity index (χ3v) is 2.58. The SMILES string of the molecule is Nc1cc(F)cc(F)c1NC(=O)c1cccc(O)c1O. The molecule has 0 heterocycles. The van der Waals surface area contributed by atoms with Crippen molar-refractivity contribution >= 4 is 17.3 Å². The molecule has 0 saturated heterocycles. The summed E-state index contributed by atoms with van der Waals surface area (Å²) in [5, 5.41) is 20.9. The van der Waals surface area contributed by atoms with E-state index in [1.807, 2.05) is 0 Å². The third-order valence-electron chi connectivity index (χ3n) is 2.58. The summed E-state index contributed by atoms with van der Waals surface area (Å²) in [7, 11) is 0. The number of carbonyl (C=O) groups is 1. The van der Waals surface area contributed by atoms with Crippen LogP contribution in [0.25, 0.3) is 0 Å². The van der Waals surface area contributed by atoms with Crippen LogP contribution in [0.3, 0.4) is 0 Å². The van der Waals surface area contributed by atoms with E-state index in [9.17, 15) is 23.8 Å². The molecule has 0 fully saturated rings. The minimum atomic E-state index is -1.05. The first-order valence-electron chi connectivity index (χ1n) is 5.47. The average Bonchev–Trinajstić information content (AvgIpc) is 2.36. The van der Waals surface area contributed by atoms with Crippen LogP contribution in [0.5, 0.6) is 11.5 Å². The maximum absolute atomic E-state index is 13.5. The van der Waals surface area contributed by atoms with Crippen LogP contribution in [-0.4, -0.2) is 16.1 Å². The predicted octanol–water partition coefficient (Wildman–Crippen LogP) is 2.21. The van der Waals surface area contributed by atoms with Gasteiger partial charge in [-0.3, -0.25) is 4.79 Å². The summed E-state index contributed by atoms with van der Waals surface area (Å²) >= 11 is 0. The van der Waals surface area contributed by atoms with Gasteiger partial charge in [-0.2, -0.15) is 0 Å². The lowest BCUT2D eigenvalue weighted by Gasteiger charge is -2.10. The van der Waals surface area contributed by atoms with Gasteiger partial charge in [-0.05, 0) is 18.2 Å². The van der Waals surface area contributed by atoms with Crippen molar-refractivity contribution in [2.24, 2.45) is 0 Å². The number of aromatic hydroxyl groups is 2. The van der Waals surface area contributed by atoms with Gasteiger partial charge in [0.05, 0.1) is 11.3 Å². The molecule has 0 atom stereocenters. The summed E-state index contributed by atoms with van der Waals surface area (Å²) in [6, 6.07) is 5.14. The van der Waals surface area contributed by atoms with Crippen LogP contribution in [0.1, 0.15) is 10.4 Å². The van der Waals surface area contributed by atoms with Gasteiger partial charge in [-0.25, -0.2) is 8.78 Å². The highest BCUT2D eigenvalue weighted by atomic mass is 19.1. The molecular formula is C13H10F2N2O3. The van der Waals surface area contributed by atoms with Gasteiger partial charge in [0.25, 0.3) is 5.91 Å². The van der Waals surface area contributed by atoms with Gasteiger partial charge >= 0.3 is 0 Å². The molecule has 2 aromatic carbocycles. The predicted molar refractivity (Wildman–Crippen MR) is 68.5 cm³/mol. The van der Waals surface area contributed by atoms with E-state index in [1.54, 1.807) is 0 Å². The number of hydrogen-bond donors (Lipinski definition) is 4. The van der Waals surface area contributed by atoms with Crippen molar-refractivity contribution in [1.29, 1.82) is 0 Å². The van der Waals surface area contributed by atoms with E-state index in [0.29, 0.717) is 6.07 Å². The second-order valence-corrected chi connectivity index (χ2v) is 3.98. The first kappa shape index (κ1) is 13.6. The largest absolute Gasteiger partial charge is 0.504 e. The maximum Gasteiger partial charge on any atom is 0.259 e. The van der Waals surface area contributed by atoms with Crippen molar-refractivity contribution in [2.45, 2.75) is 0 Å². The summed E-state index contributed by atoms with van der Waals surface area (Å²) in [5.41, 5.74) is 4.44. The van der Waals surface area contributed by atoms with E-state index in [4.69, 9.17) is 5.73 Å². The smallest absolute Gasteiger partial charge is 0.259 e. The zero-order valence-corrected chi connectivity index (χ0v) is 10.0. The zero-order valence-electron chi connectivity index (χ0n) is 10.0. The van der Waals surface area contributed by atoms with Crippen molar-refractivity contribution in [1.82, 2.24) is 0 Å². The molecule has 2 aromatic rings. The average molecular weight is 280 g/mol. The molecule has 0 aromatic heterocycles. The van der Waals surface area contributed by atoms with Crippen molar-refractivity contribution in [2.75, 3.05) is 11.1 Å². The van der Waals surface area contributed by atoms with Gasteiger partial charge in [-0.1, -0.05) is 6.07 Å². The van der Waals surface area contributed by atoms with Crippen LogP contribution >= 0.6 is 0 Å². The van der Waals surface area contributed by atoms with E-state index in [2.05, 4.69) is 5.32 Å².